The molecule has 2 saturated heterocycles. The number of urea groups is 1. The lowest BCUT2D eigenvalue weighted by molar-refractivity contribution is -0.119. The molecule has 5 N–H and O–H groups in total. The van der Waals surface area contributed by atoms with E-state index in [2.05, 4.69) is 26.6 Å². The summed E-state index contributed by atoms with van der Waals surface area (Å²) in [5.74, 6) is 1.24. The number of para-hydroxylation sites is 1. The van der Waals surface area contributed by atoms with Gasteiger partial charge in [0.2, 0.25) is 5.91 Å². The van der Waals surface area contributed by atoms with Crippen LogP contribution in [0.15, 0.2) is 71.3 Å². The number of thioether (sulfide) groups is 1. The standard InChI is InChI=1S/C33H40N6O4S/c1-20-19-24(43-23-7-4-3-5-8-23)14-15-25(20)39-26-16-18-35-32-28(26)29(38-33(39)42)30(44-32)31(41)37-22-12-10-21(11-13-22)36-27(40)9-6-17-34-2/h3-9,14-15,19,21-22,26,28,32,34-35H,10-13,16-18H2,1-2H3,(H,36,40)(H,37,41)(H,38,42)/b9-6+. The van der Waals surface area contributed by atoms with E-state index in [0.29, 0.717) is 17.2 Å². The fourth-order valence-electron chi connectivity index (χ4n) is 6.65. The second-order valence-electron chi connectivity index (χ2n) is 11.8. The van der Waals surface area contributed by atoms with Gasteiger partial charge in [0.1, 0.15) is 11.5 Å². The summed E-state index contributed by atoms with van der Waals surface area (Å²) in [5.41, 5.74) is 2.52. The van der Waals surface area contributed by atoms with Crippen LogP contribution in [-0.4, -0.2) is 61.5 Å². The summed E-state index contributed by atoms with van der Waals surface area (Å²) in [6.07, 6.45) is 7.36. The highest BCUT2D eigenvalue weighted by atomic mass is 32.2. The molecule has 0 bridgehead atoms. The monoisotopic (exact) mass is 616 g/mol. The molecule has 3 atom stereocenters. The van der Waals surface area contributed by atoms with Crippen molar-refractivity contribution in [3.63, 3.8) is 0 Å². The van der Waals surface area contributed by atoms with E-state index in [1.165, 1.54) is 11.8 Å². The molecule has 3 fully saturated rings. The molecule has 1 aliphatic carbocycles. The molecule has 0 aromatic heterocycles. The van der Waals surface area contributed by atoms with Crippen LogP contribution in [0.2, 0.25) is 0 Å². The van der Waals surface area contributed by atoms with Gasteiger partial charge in [-0.05, 0) is 88.5 Å². The van der Waals surface area contributed by atoms with Crippen LogP contribution in [0, 0.1) is 12.8 Å². The van der Waals surface area contributed by atoms with Gasteiger partial charge in [0, 0.05) is 42.0 Å². The van der Waals surface area contributed by atoms with Crippen molar-refractivity contribution in [2.75, 3.05) is 25.0 Å². The van der Waals surface area contributed by atoms with E-state index >= 15 is 0 Å². The highest BCUT2D eigenvalue weighted by molar-refractivity contribution is 8.04. The highest BCUT2D eigenvalue weighted by Gasteiger charge is 2.52. The second-order valence-corrected chi connectivity index (χ2v) is 12.9. The Bertz CT molecular complexity index is 1460. The van der Waals surface area contributed by atoms with E-state index in [0.717, 1.165) is 61.3 Å². The molecule has 0 radical (unpaired) electrons. The number of benzene rings is 2. The minimum absolute atomic E-state index is 0.00973. The molecule has 2 aromatic rings. The zero-order valence-corrected chi connectivity index (χ0v) is 25.9. The van der Waals surface area contributed by atoms with Crippen LogP contribution in [0.25, 0.3) is 0 Å². The molecule has 11 heteroatoms. The third-order valence-electron chi connectivity index (χ3n) is 8.75. The Morgan fingerprint density at radius 1 is 1.02 bits per heavy atom. The number of nitrogens with one attached hydrogen (secondary N) is 5. The molecule has 6 rings (SSSR count). The number of hydrogen-bond acceptors (Lipinski definition) is 7. The number of piperidine rings is 1. The summed E-state index contributed by atoms with van der Waals surface area (Å²) < 4.78 is 6.01. The highest BCUT2D eigenvalue weighted by Crippen LogP contribution is 2.48. The first-order valence-corrected chi connectivity index (χ1v) is 16.3. The molecule has 3 heterocycles. The second kappa shape index (κ2) is 13.5. The molecule has 0 spiro atoms. The van der Waals surface area contributed by atoms with Gasteiger partial charge in [-0.15, -0.1) is 0 Å². The predicted octanol–water partition coefficient (Wildman–Crippen LogP) is 3.90. The zero-order valence-electron chi connectivity index (χ0n) is 25.1. The molecular formula is C33H40N6O4S. The minimum Gasteiger partial charge on any atom is -0.457 e. The van der Waals surface area contributed by atoms with Crippen LogP contribution < -0.4 is 36.2 Å². The van der Waals surface area contributed by atoms with Crippen molar-refractivity contribution in [3.8, 4) is 11.5 Å². The van der Waals surface area contributed by atoms with Crippen molar-refractivity contribution >= 4 is 35.3 Å². The number of carbonyl (C=O) groups is 3. The van der Waals surface area contributed by atoms with Gasteiger partial charge in [-0.2, -0.15) is 0 Å². The Kier molecular flexibility index (Phi) is 9.25. The molecule has 4 aliphatic rings. The summed E-state index contributed by atoms with van der Waals surface area (Å²) in [6, 6.07) is 15.3. The number of carbonyl (C=O) groups excluding carboxylic acids is 3. The fraction of sp³-hybridized carbons (Fsp3) is 0.424. The van der Waals surface area contributed by atoms with Crippen LogP contribution in [0.3, 0.4) is 0 Å². The number of nitrogens with zero attached hydrogens (tertiary/aromatic N) is 1. The van der Waals surface area contributed by atoms with Gasteiger partial charge >= 0.3 is 6.03 Å². The molecule has 1 saturated carbocycles. The van der Waals surface area contributed by atoms with Gasteiger partial charge in [0.15, 0.2) is 0 Å². The van der Waals surface area contributed by atoms with Crippen LogP contribution in [0.5, 0.6) is 11.5 Å². The lowest BCUT2D eigenvalue weighted by Crippen LogP contribution is -2.62. The van der Waals surface area contributed by atoms with Crippen LogP contribution in [0.1, 0.15) is 37.7 Å². The number of likely N-dealkylation sites (N-methyl/N-ethyl adjacent to an activating group) is 1. The maximum Gasteiger partial charge on any atom is 0.326 e. The maximum atomic E-state index is 13.7. The summed E-state index contributed by atoms with van der Waals surface area (Å²) >= 11 is 1.52. The summed E-state index contributed by atoms with van der Waals surface area (Å²) in [5, 5.41) is 16.0. The van der Waals surface area contributed by atoms with E-state index in [9.17, 15) is 14.4 Å². The van der Waals surface area contributed by atoms with Gasteiger partial charge in [-0.1, -0.05) is 36.0 Å². The molecule has 4 amide bonds. The molecule has 2 aromatic carbocycles. The van der Waals surface area contributed by atoms with E-state index in [1.807, 2.05) is 67.4 Å². The van der Waals surface area contributed by atoms with Gasteiger partial charge in [-0.3, -0.25) is 14.5 Å². The topological polar surface area (TPSA) is 124 Å². The van der Waals surface area contributed by atoms with Crippen LogP contribution in [0.4, 0.5) is 10.5 Å². The smallest absolute Gasteiger partial charge is 0.326 e. The fourth-order valence-corrected chi connectivity index (χ4v) is 8.05. The van der Waals surface area contributed by atoms with Gasteiger partial charge in [0.25, 0.3) is 5.91 Å². The van der Waals surface area contributed by atoms with Gasteiger partial charge in [-0.25, -0.2) is 4.79 Å². The zero-order chi connectivity index (χ0) is 30.6. The van der Waals surface area contributed by atoms with E-state index in [4.69, 9.17) is 4.74 Å². The summed E-state index contributed by atoms with van der Waals surface area (Å²) in [7, 11) is 1.84. The minimum atomic E-state index is -0.213. The quantitative estimate of drug-likeness (QED) is 0.271. The summed E-state index contributed by atoms with van der Waals surface area (Å²) in [4.78, 5) is 41.9. The Balaban J connectivity index is 1.11. The molecule has 3 aliphatic heterocycles. The van der Waals surface area contributed by atoms with Gasteiger partial charge in [0.05, 0.1) is 16.3 Å². The molecular weight excluding hydrogens is 576 g/mol. The Hall–Kier alpha value is -3.80. The number of hydrogen-bond donors (Lipinski definition) is 5. The lowest BCUT2D eigenvalue weighted by atomic mass is 9.86. The number of anilines is 1. The SMILES string of the molecule is CNC/C=C/C(=O)NC1CCC(NC(=O)C2=C3NC(=O)N(c4ccc(Oc5ccccc5)cc4C)C4CCNC(S2)C34)CC1. The number of rotatable bonds is 9. The van der Waals surface area contributed by atoms with E-state index in [-0.39, 0.29) is 47.3 Å². The third kappa shape index (κ3) is 6.50. The first-order valence-electron chi connectivity index (χ1n) is 15.4. The molecule has 3 unspecified atom stereocenters. The van der Waals surface area contributed by atoms with Crippen LogP contribution >= 0.6 is 11.8 Å². The van der Waals surface area contributed by atoms with Crippen molar-refractivity contribution in [1.82, 2.24) is 26.6 Å². The molecule has 44 heavy (non-hydrogen) atoms. The average molecular weight is 617 g/mol. The summed E-state index contributed by atoms with van der Waals surface area (Å²) in [6.45, 7) is 3.41. The number of aryl methyl sites for hydroxylation is 1. The average Bonchev–Trinajstić information content (AvgIpc) is 3.39. The normalized spacial score (nSPS) is 26.3. The van der Waals surface area contributed by atoms with Crippen molar-refractivity contribution in [2.24, 2.45) is 5.92 Å². The predicted molar refractivity (Wildman–Crippen MR) is 172 cm³/mol. The molecule has 10 nitrogen and oxygen atoms in total. The largest absolute Gasteiger partial charge is 0.457 e. The Morgan fingerprint density at radius 2 is 1.77 bits per heavy atom. The van der Waals surface area contributed by atoms with Crippen molar-refractivity contribution in [2.45, 2.75) is 62.5 Å². The number of ether oxygens (including phenoxy) is 1. The maximum absolute atomic E-state index is 13.7. The first-order chi connectivity index (χ1) is 21.4. The first kappa shape index (κ1) is 30.2. The van der Waals surface area contributed by atoms with E-state index < -0.39 is 0 Å². The van der Waals surface area contributed by atoms with Crippen molar-refractivity contribution in [3.05, 3.63) is 76.8 Å². The van der Waals surface area contributed by atoms with Gasteiger partial charge < -0.3 is 31.3 Å². The molecule has 232 valence electrons. The lowest BCUT2D eigenvalue weighted by Gasteiger charge is -2.46. The van der Waals surface area contributed by atoms with Crippen LogP contribution in [-0.2, 0) is 9.59 Å². The Morgan fingerprint density at radius 3 is 2.50 bits per heavy atom. The van der Waals surface area contributed by atoms with Crippen molar-refractivity contribution < 1.29 is 19.1 Å². The van der Waals surface area contributed by atoms with E-state index in [1.54, 1.807) is 12.2 Å². The van der Waals surface area contributed by atoms with Crippen molar-refractivity contribution in [1.29, 1.82) is 0 Å². The Labute approximate surface area is 262 Å². The third-order valence-corrected chi connectivity index (χ3v) is 10.1. The number of amides is 4.